The summed E-state index contributed by atoms with van der Waals surface area (Å²) >= 11 is 0. The summed E-state index contributed by atoms with van der Waals surface area (Å²) in [5.74, 6) is -0.129. The van der Waals surface area contributed by atoms with Gasteiger partial charge in [0.15, 0.2) is 6.61 Å². The number of aliphatic hydroxyl groups excluding tert-OH is 1. The van der Waals surface area contributed by atoms with Gasteiger partial charge in [-0.3, -0.25) is 4.90 Å². The van der Waals surface area contributed by atoms with Gasteiger partial charge in [0.05, 0.1) is 5.69 Å². The highest BCUT2D eigenvalue weighted by molar-refractivity contribution is 5.12. The van der Waals surface area contributed by atoms with Gasteiger partial charge in [0.2, 0.25) is 5.88 Å². The molecule has 130 valence electrons. The first-order chi connectivity index (χ1) is 10.8. The average Bonchev–Trinajstić information content (AvgIpc) is 2.85. The molecule has 0 aliphatic carbocycles. The Balaban J connectivity index is 1.92. The van der Waals surface area contributed by atoms with E-state index in [2.05, 4.69) is 26.8 Å². The van der Waals surface area contributed by atoms with Gasteiger partial charge in [0, 0.05) is 24.8 Å². The monoisotopic (exact) mass is 333 g/mol. The fraction of sp³-hybridized carbons (Fsp3) is 0.733. The highest BCUT2D eigenvalue weighted by Crippen LogP contribution is 2.34. The van der Waals surface area contributed by atoms with E-state index in [0.717, 1.165) is 32.2 Å². The van der Waals surface area contributed by atoms with E-state index >= 15 is 0 Å². The van der Waals surface area contributed by atoms with E-state index in [4.69, 9.17) is 5.11 Å². The zero-order valence-electron chi connectivity index (χ0n) is 13.1. The summed E-state index contributed by atoms with van der Waals surface area (Å²) in [6.07, 6.45) is -0.577. The van der Waals surface area contributed by atoms with Gasteiger partial charge in [-0.2, -0.15) is 18.3 Å². The van der Waals surface area contributed by atoms with Gasteiger partial charge in [-0.1, -0.05) is 0 Å². The number of aromatic nitrogens is 2. The SMILES string of the molecule is CC1(CCCO)CCCN1Cc1ccc(OCC(F)(F)F)nn1. The minimum absolute atomic E-state index is 0.0237. The van der Waals surface area contributed by atoms with Crippen molar-refractivity contribution in [2.75, 3.05) is 19.8 Å². The second-order valence-corrected chi connectivity index (χ2v) is 6.12. The van der Waals surface area contributed by atoms with Crippen LogP contribution in [0.5, 0.6) is 5.88 Å². The Bertz CT molecular complexity index is 496. The van der Waals surface area contributed by atoms with E-state index in [-0.39, 0.29) is 18.0 Å². The van der Waals surface area contributed by atoms with Crippen molar-refractivity contribution in [1.82, 2.24) is 15.1 Å². The minimum atomic E-state index is -4.38. The Morgan fingerprint density at radius 2 is 2.13 bits per heavy atom. The second-order valence-electron chi connectivity index (χ2n) is 6.12. The summed E-state index contributed by atoms with van der Waals surface area (Å²) in [5, 5.41) is 16.7. The smallest absolute Gasteiger partial charge is 0.422 e. The van der Waals surface area contributed by atoms with E-state index in [1.807, 2.05) is 0 Å². The van der Waals surface area contributed by atoms with Crippen molar-refractivity contribution >= 4 is 0 Å². The number of ether oxygens (including phenoxy) is 1. The lowest BCUT2D eigenvalue weighted by Gasteiger charge is -2.35. The van der Waals surface area contributed by atoms with Crippen LogP contribution in [0.4, 0.5) is 13.2 Å². The molecule has 0 bridgehead atoms. The van der Waals surface area contributed by atoms with E-state index in [1.165, 1.54) is 6.07 Å². The predicted octanol–water partition coefficient (Wildman–Crippen LogP) is 2.54. The zero-order valence-corrected chi connectivity index (χ0v) is 13.1. The first-order valence-electron chi connectivity index (χ1n) is 7.70. The van der Waals surface area contributed by atoms with Crippen molar-refractivity contribution in [2.45, 2.75) is 50.9 Å². The summed E-state index contributed by atoms with van der Waals surface area (Å²) in [6, 6.07) is 3.05. The molecule has 1 fully saturated rings. The maximum atomic E-state index is 12.1. The molecular weight excluding hydrogens is 311 g/mol. The molecule has 0 spiro atoms. The average molecular weight is 333 g/mol. The molecule has 8 heteroatoms. The van der Waals surface area contributed by atoms with Crippen LogP contribution in [0.2, 0.25) is 0 Å². The molecule has 1 aromatic rings. The van der Waals surface area contributed by atoms with Crippen LogP contribution in [0.3, 0.4) is 0 Å². The van der Waals surface area contributed by atoms with Crippen LogP contribution in [-0.4, -0.2) is 51.7 Å². The van der Waals surface area contributed by atoms with Crippen LogP contribution < -0.4 is 4.74 Å². The Labute approximate surface area is 133 Å². The van der Waals surface area contributed by atoms with Crippen molar-refractivity contribution in [3.63, 3.8) is 0 Å². The Kier molecular flexibility index (Phi) is 5.80. The fourth-order valence-corrected chi connectivity index (χ4v) is 2.95. The van der Waals surface area contributed by atoms with E-state index in [1.54, 1.807) is 6.07 Å². The van der Waals surface area contributed by atoms with Crippen molar-refractivity contribution in [1.29, 1.82) is 0 Å². The molecule has 1 aromatic heterocycles. The first-order valence-corrected chi connectivity index (χ1v) is 7.70. The van der Waals surface area contributed by atoms with E-state index < -0.39 is 12.8 Å². The summed E-state index contributed by atoms with van der Waals surface area (Å²) in [7, 11) is 0. The topological polar surface area (TPSA) is 58.5 Å². The molecule has 1 atom stereocenters. The van der Waals surface area contributed by atoms with E-state index in [9.17, 15) is 13.2 Å². The molecule has 2 heterocycles. The molecule has 0 radical (unpaired) electrons. The summed E-state index contributed by atoms with van der Waals surface area (Å²) in [5.41, 5.74) is 0.719. The second kappa shape index (κ2) is 7.44. The van der Waals surface area contributed by atoms with Crippen molar-refractivity contribution in [3.05, 3.63) is 17.8 Å². The molecule has 2 rings (SSSR count). The maximum absolute atomic E-state index is 12.1. The summed E-state index contributed by atoms with van der Waals surface area (Å²) in [6.45, 7) is 2.51. The number of rotatable bonds is 7. The molecule has 1 unspecified atom stereocenters. The van der Waals surface area contributed by atoms with Gasteiger partial charge in [-0.05, 0) is 45.2 Å². The molecular formula is C15H22F3N3O2. The third kappa shape index (κ3) is 5.31. The molecule has 5 nitrogen and oxygen atoms in total. The van der Waals surface area contributed by atoms with Crippen LogP contribution in [0, 0.1) is 0 Å². The normalized spacial score (nSPS) is 22.5. The number of aliphatic hydroxyl groups is 1. The van der Waals surface area contributed by atoms with Crippen LogP contribution in [0.15, 0.2) is 12.1 Å². The van der Waals surface area contributed by atoms with Crippen molar-refractivity contribution in [2.24, 2.45) is 0 Å². The standard InChI is InChI=1S/C15H22F3N3O2/c1-14(7-3-9-22)6-2-8-21(14)10-12-4-5-13(20-19-12)23-11-15(16,17)18/h4-5,22H,2-3,6-11H2,1H3. The number of alkyl halides is 3. The molecule has 0 aromatic carbocycles. The largest absolute Gasteiger partial charge is 0.467 e. The van der Waals surface area contributed by atoms with Crippen LogP contribution in [0.25, 0.3) is 0 Å². The third-order valence-electron chi connectivity index (χ3n) is 4.21. The predicted molar refractivity (Wildman–Crippen MR) is 78.0 cm³/mol. The Morgan fingerprint density at radius 3 is 2.74 bits per heavy atom. The van der Waals surface area contributed by atoms with Crippen LogP contribution in [-0.2, 0) is 6.54 Å². The highest BCUT2D eigenvalue weighted by atomic mass is 19.4. The number of hydrogen-bond donors (Lipinski definition) is 1. The molecule has 1 aliphatic rings. The van der Waals surface area contributed by atoms with Crippen molar-refractivity contribution in [3.8, 4) is 5.88 Å². The number of likely N-dealkylation sites (tertiary alicyclic amines) is 1. The van der Waals surface area contributed by atoms with E-state index in [0.29, 0.717) is 12.2 Å². The third-order valence-corrected chi connectivity index (χ3v) is 4.21. The Morgan fingerprint density at radius 1 is 1.35 bits per heavy atom. The first kappa shape index (κ1) is 17.9. The number of nitrogens with zero attached hydrogens (tertiary/aromatic N) is 3. The zero-order chi connectivity index (χ0) is 16.9. The Hall–Kier alpha value is -1.41. The summed E-state index contributed by atoms with van der Waals surface area (Å²) < 4.78 is 40.8. The minimum Gasteiger partial charge on any atom is -0.467 e. The van der Waals surface area contributed by atoms with Crippen molar-refractivity contribution < 1.29 is 23.0 Å². The van der Waals surface area contributed by atoms with Gasteiger partial charge in [0.25, 0.3) is 0 Å². The lowest BCUT2D eigenvalue weighted by atomic mass is 9.93. The van der Waals surface area contributed by atoms with Crippen LogP contribution in [0.1, 0.15) is 38.3 Å². The van der Waals surface area contributed by atoms with Gasteiger partial charge >= 0.3 is 6.18 Å². The van der Waals surface area contributed by atoms with Gasteiger partial charge in [-0.25, -0.2) is 0 Å². The van der Waals surface area contributed by atoms with Gasteiger partial charge in [0.1, 0.15) is 0 Å². The number of hydrogen-bond acceptors (Lipinski definition) is 5. The molecule has 0 saturated carbocycles. The molecule has 1 aliphatic heterocycles. The van der Waals surface area contributed by atoms with Gasteiger partial charge < -0.3 is 9.84 Å². The quantitative estimate of drug-likeness (QED) is 0.831. The van der Waals surface area contributed by atoms with Gasteiger partial charge in [-0.15, -0.1) is 5.10 Å². The lowest BCUT2D eigenvalue weighted by Crippen LogP contribution is -2.40. The number of halogens is 3. The maximum Gasteiger partial charge on any atom is 0.422 e. The fourth-order valence-electron chi connectivity index (χ4n) is 2.95. The van der Waals surface area contributed by atoms with Crippen LogP contribution >= 0.6 is 0 Å². The molecule has 23 heavy (non-hydrogen) atoms. The molecule has 1 saturated heterocycles. The lowest BCUT2D eigenvalue weighted by molar-refractivity contribution is -0.154. The summed E-state index contributed by atoms with van der Waals surface area (Å²) in [4.78, 5) is 2.29. The highest BCUT2D eigenvalue weighted by Gasteiger charge is 2.36. The molecule has 1 N–H and O–H groups in total. The molecule has 0 amide bonds.